The normalized spacial score (nSPS) is 42.6. The van der Waals surface area contributed by atoms with Crippen molar-refractivity contribution in [2.45, 2.75) is 18.6 Å². The van der Waals surface area contributed by atoms with Crippen molar-refractivity contribution in [2.24, 2.45) is 5.92 Å². The second kappa shape index (κ2) is 1.83. The maximum atomic E-state index is 10.5. The summed E-state index contributed by atoms with van der Waals surface area (Å²) in [5.74, 6) is -1.04. The molecule has 2 heterocycles. The molecule has 0 aromatic heterocycles. The van der Waals surface area contributed by atoms with Gasteiger partial charge in [0.05, 0.1) is 18.1 Å². The van der Waals surface area contributed by atoms with E-state index in [4.69, 9.17) is 9.84 Å². The molecule has 2 rings (SSSR count). The fourth-order valence-electron chi connectivity index (χ4n) is 1.51. The van der Waals surface area contributed by atoms with E-state index >= 15 is 0 Å². The van der Waals surface area contributed by atoms with Gasteiger partial charge < -0.3 is 9.84 Å². The van der Waals surface area contributed by atoms with Crippen LogP contribution in [0.4, 0.5) is 0 Å². The summed E-state index contributed by atoms with van der Waals surface area (Å²) < 4.78 is 5.25. The molecular formula is C7H8O3. The molecule has 0 aliphatic carbocycles. The average molecular weight is 140 g/mol. The topological polar surface area (TPSA) is 46.5 Å². The third kappa shape index (κ3) is 0.671. The number of carboxylic acid groups (broad SMARTS) is 1. The van der Waals surface area contributed by atoms with E-state index in [0.29, 0.717) is 6.42 Å². The molecule has 2 aliphatic heterocycles. The fourth-order valence-corrected chi connectivity index (χ4v) is 1.51. The zero-order chi connectivity index (χ0) is 7.14. The van der Waals surface area contributed by atoms with Crippen LogP contribution in [0.3, 0.4) is 0 Å². The number of rotatable bonds is 1. The Morgan fingerprint density at radius 2 is 2.40 bits per heavy atom. The Kier molecular flexibility index (Phi) is 1.08. The predicted molar refractivity (Wildman–Crippen MR) is 33.5 cm³/mol. The van der Waals surface area contributed by atoms with Crippen LogP contribution in [-0.2, 0) is 9.53 Å². The van der Waals surface area contributed by atoms with Gasteiger partial charge >= 0.3 is 5.97 Å². The second-order valence-corrected chi connectivity index (χ2v) is 2.70. The first-order chi connectivity index (χ1) is 4.77. The molecule has 1 fully saturated rings. The lowest BCUT2D eigenvalue weighted by atomic mass is 9.95. The molecule has 1 N–H and O–H groups in total. The highest BCUT2D eigenvalue weighted by Crippen LogP contribution is 2.33. The van der Waals surface area contributed by atoms with Crippen LogP contribution in [0.15, 0.2) is 12.2 Å². The van der Waals surface area contributed by atoms with E-state index in [2.05, 4.69) is 0 Å². The first-order valence-electron chi connectivity index (χ1n) is 3.34. The summed E-state index contributed by atoms with van der Waals surface area (Å²) in [4.78, 5) is 10.5. The lowest BCUT2D eigenvalue weighted by Crippen LogP contribution is -2.22. The van der Waals surface area contributed by atoms with E-state index in [1.165, 1.54) is 0 Å². The number of hydrogen-bond acceptors (Lipinski definition) is 2. The number of fused-ring (bicyclic) bond motifs is 2. The van der Waals surface area contributed by atoms with E-state index in [-0.39, 0.29) is 18.1 Å². The van der Waals surface area contributed by atoms with Gasteiger partial charge in [0, 0.05) is 0 Å². The number of carbonyl (C=O) groups is 1. The van der Waals surface area contributed by atoms with Crippen LogP contribution in [-0.4, -0.2) is 23.3 Å². The van der Waals surface area contributed by atoms with Gasteiger partial charge in [-0.3, -0.25) is 4.79 Å². The summed E-state index contributed by atoms with van der Waals surface area (Å²) in [6, 6.07) is 0. The van der Waals surface area contributed by atoms with E-state index in [9.17, 15) is 4.79 Å². The Balaban J connectivity index is 2.16. The van der Waals surface area contributed by atoms with Crippen LogP contribution >= 0.6 is 0 Å². The first-order valence-corrected chi connectivity index (χ1v) is 3.34. The number of aliphatic carboxylic acids is 1. The molecule has 0 aromatic carbocycles. The van der Waals surface area contributed by atoms with Crippen molar-refractivity contribution in [1.29, 1.82) is 0 Å². The van der Waals surface area contributed by atoms with E-state index in [0.717, 1.165) is 0 Å². The molecule has 0 unspecified atom stereocenters. The predicted octanol–water partition coefficient (Wildman–Crippen LogP) is 0.415. The van der Waals surface area contributed by atoms with Gasteiger partial charge in [0.15, 0.2) is 0 Å². The Morgan fingerprint density at radius 1 is 1.60 bits per heavy atom. The van der Waals surface area contributed by atoms with Gasteiger partial charge in [0.1, 0.15) is 0 Å². The number of hydrogen-bond donors (Lipinski definition) is 1. The maximum Gasteiger partial charge on any atom is 0.309 e. The van der Waals surface area contributed by atoms with Gasteiger partial charge in [-0.2, -0.15) is 0 Å². The minimum atomic E-state index is -0.739. The van der Waals surface area contributed by atoms with Gasteiger partial charge in [-0.15, -0.1) is 0 Å². The highest BCUT2D eigenvalue weighted by Gasteiger charge is 2.40. The summed E-state index contributed by atoms with van der Waals surface area (Å²) in [7, 11) is 0. The van der Waals surface area contributed by atoms with E-state index < -0.39 is 5.97 Å². The third-order valence-electron chi connectivity index (χ3n) is 2.05. The summed E-state index contributed by atoms with van der Waals surface area (Å²) in [6.45, 7) is 0. The molecule has 1 saturated heterocycles. The Bertz CT molecular complexity index is 197. The quantitative estimate of drug-likeness (QED) is 0.537. The highest BCUT2D eigenvalue weighted by molar-refractivity contribution is 5.72. The Morgan fingerprint density at radius 3 is 2.70 bits per heavy atom. The summed E-state index contributed by atoms with van der Waals surface area (Å²) in [5, 5.41) is 8.62. The Labute approximate surface area is 58.3 Å². The van der Waals surface area contributed by atoms with Crippen LogP contribution in [0.25, 0.3) is 0 Å². The van der Waals surface area contributed by atoms with Crippen molar-refractivity contribution < 1.29 is 14.6 Å². The molecule has 0 aromatic rings. The van der Waals surface area contributed by atoms with Gasteiger partial charge in [-0.05, 0) is 6.42 Å². The van der Waals surface area contributed by atoms with Crippen LogP contribution in [0.5, 0.6) is 0 Å². The van der Waals surface area contributed by atoms with Crippen molar-refractivity contribution in [2.75, 3.05) is 0 Å². The number of carboxylic acids is 1. The minimum Gasteiger partial charge on any atom is -0.481 e. The summed E-state index contributed by atoms with van der Waals surface area (Å²) in [5.41, 5.74) is 0. The first kappa shape index (κ1) is 5.92. The fraction of sp³-hybridized carbons (Fsp3) is 0.571. The lowest BCUT2D eigenvalue weighted by molar-refractivity contribution is -0.142. The van der Waals surface area contributed by atoms with Gasteiger partial charge in [-0.25, -0.2) is 0 Å². The Hall–Kier alpha value is -0.830. The van der Waals surface area contributed by atoms with Crippen molar-refractivity contribution in [3.63, 3.8) is 0 Å². The molecule has 0 saturated carbocycles. The van der Waals surface area contributed by atoms with Crippen LogP contribution < -0.4 is 0 Å². The van der Waals surface area contributed by atoms with Gasteiger partial charge in [0.2, 0.25) is 0 Å². The molecule has 2 aliphatic rings. The van der Waals surface area contributed by atoms with Crippen molar-refractivity contribution >= 4 is 5.97 Å². The maximum absolute atomic E-state index is 10.5. The monoisotopic (exact) mass is 140 g/mol. The van der Waals surface area contributed by atoms with Gasteiger partial charge in [-0.1, -0.05) is 12.2 Å². The standard InChI is InChI=1S/C7H8O3/c8-7(9)5-3-4-1-2-6(5)10-4/h1-2,4-6H,3H2,(H,8,9)/t4-,5+,6-/m0/s1. The van der Waals surface area contributed by atoms with Crippen LogP contribution in [0.2, 0.25) is 0 Å². The number of ether oxygens (including phenoxy) is 1. The zero-order valence-electron chi connectivity index (χ0n) is 5.36. The van der Waals surface area contributed by atoms with E-state index in [1.54, 1.807) is 0 Å². The molecule has 0 radical (unpaired) electrons. The summed E-state index contributed by atoms with van der Waals surface area (Å²) in [6.07, 6.45) is 4.35. The third-order valence-corrected chi connectivity index (χ3v) is 2.05. The van der Waals surface area contributed by atoms with Crippen LogP contribution in [0.1, 0.15) is 6.42 Å². The molecule has 0 spiro atoms. The molecule has 0 amide bonds. The molecule has 3 nitrogen and oxygen atoms in total. The molecule has 54 valence electrons. The van der Waals surface area contributed by atoms with Crippen molar-refractivity contribution in [3.05, 3.63) is 12.2 Å². The molecule has 3 heteroatoms. The average Bonchev–Trinajstić information content (AvgIpc) is 2.44. The molecular weight excluding hydrogens is 132 g/mol. The molecule has 10 heavy (non-hydrogen) atoms. The second-order valence-electron chi connectivity index (χ2n) is 2.70. The van der Waals surface area contributed by atoms with Crippen molar-refractivity contribution in [1.82, 2.24) is 0 Å². The smallest absolute Gasteiger partial charge is 0.309 e. The SMILES string of the molecule is O=C(O)[C@@H]1C[C@@H]2C=C[C@@H]1O2. The van der Waals surface area contributed by atoms with Crippen LogP contribution in [0, 0.1) is 5.92 Å². The minimum absolute atomic E-state index is 0.0751. The largest absolute Gasteiger partial charge is 0.481 e. The zero-order valence-corrected chi connectivity index (χ0v) is 5.36. The van der Waals surface area contributed by atoms with E-state index in [1.807, 2.05) is 12.2 Å². The van der Waals surface area contributed by atoms with Crippen molar-refractivity contribution in [3.8, 4) is 0 Å². The summed E-state index contributed by atoms with van der Waals surface area (Å²) >= 11 is 0. The van der Waals surface area contributed by atoms with Gasteiger partial charge in [0.25, 0.3) is 0 Å². The highest BCUT2D eigenvalue weighted by atomic mass is 16.5. The lowest BCUT2D eigenvalue weighted by Gasteiger charge is -2.08. The molecule has 2 bridgehead atoms. The molecule has 3 atom stereocenters.